The molecule has 2 rings (SSSR count). The highest BCUT2D eigenvalue weighted by molar-refractivity contribution is 5.71. The molecule has 0 unspecified atom stereocenters. The van der Waals surface area contributed by atoms with E-state index < -0.39 is 17.5 Å². The lowest BCUT2D eigenvalue weighted by molar-refractivity contribution is -0.160. The van der Waals surface area contributed by atoms with Crippen molar-refractivity contribution in [3.8, 4) is 0 Å². The lowest BCUT2D eigenvalue weighted by Crippen LogP contribution is -2.45. The molecule has 0 saturated heterocycles. The number of aliphatic carboxylic acids is 1. The maximum Gasteiger partial charge on any atom is 0.306 e. The van der Waals surface area contributed by atoms with Crippen LogP contribution in [0.5, 0.6) is 0 Å². The Bertz CT molecular complexity index is 380. The Morgan fingerprint density at radius 3 is 2.93 bits per heavy atom. The molecule has 5 nitrogen and oxygen atoms in total. The fourth-order valence-corrected chi connectivity index (χ4v) is 2.12. The Balaban J connectivity index is 2.16. The normalized spacial score (nSPS) is 29.9. The average Bonchev–Trinajstić information content (AvgIpc) is 2.60. The first-order valence-electron chi connectivity index (χ1n) is 5.04. The van der Waals surface area contributed by atoms with Crippen molar-refractivity contribution in [3.05, 3.63) is 18.0 Å². The largest absolute Gasteiger partial charge is 0.481 e. The maximum atomic E-state index is 10.7. The van der Waals surface area contributed by atoms with Gasteiger partial charge in [-0.3, -0.25) is 9.48 Å². The second-order valence-corrected chi connectivity index (χ2v) is 4.01. The van der Waals surface area contributed by atoms with Crippen molar-refractivity contribution in [2.45, 2.75) is 31.9 Å². The van der Waals surface area contributed by atoms with Gasteiger partial charge >= 0.3 is 5.97 Å². The molecule has 15 heavy (non-hydrogen) atoms. The van der Waals surface area contributed by atoms with Gasteiger partial charge in [0.1, 0.15) is 5.60 Å². The summed E-state index contributed by atoms with van der Waals surface area (Å²) in [6.07, 6.45) is 2.20. The Hall–Kier alpha value is -1.36. The third-order valence-corrected chi connectivity index (χ3v) is 3.01. The second kappa shape index (κ2) is 3.34. The van der Waals surface area contributed by atoms with E-state index in [4.69, 9.17) is 5.11 Å². The highest BCUT2D eigenvalue weighted by Crippen LogP contribution is 2.45. The summed E-state index contributed by atoms with van der Waals surface area (Å²) in [7, 11) is 0. The van der Waals surface area contributed by atoms with Gasteiger partial charge in [-0.1, -0.05) is 0 Å². The summed E-state index contributed by atoms with van der Waals surface area (Å²) < 4.78 is 1.71. The summed E-state index contributed by atoms with van der Waals surface area (Å²) in [5, 5.41) is 23.0. The number of rotatable bonds is 3. The number of nitrogens with zero attached hydrogens (tertiary/aromatic N) is 2. The fourth-order valence-electron chi connectivity index (χ4n) is 2.12. The molecule has 5 heteroatoms. The summed E-state index contributed by atoms with van der Waals surface area (Å²) in [6, 6.07) is 1.75. The topological polar surface area (TPSA) is 75.3 Å². The number of hydrogen-bond donors (Lipinski definition) is 2. The first-order valence-corrected chi connectivity index (χ1v) is 5.04. The summed E-state index contributed by atoms with van der Waals surface area (Å²) in [4.78, 5) is 10.7. The lowest BCUT2D eigenvalue weighted by Gasteiger charge is -2.41. The molecule has 0 atom stereocenters. The van der Waals surface area contributed by atoms with Crippen molar-refractivity contribution in [2.75, 3.05) is 0 Å². The van der Waals surface area contributed by atoms with Crippen LogP contribution in [0.25, 0.3) is 0 Å². The Morgan fingerprint density at radius 1 is 1.73 bits per heavy atom. The van der Waals surface area contributed by atoms with Gasteiger partial charge in [0.15, 0.2) is 0 Å². The molecule has 0 amide bonds. The Morgan fingerprint density at radius 2 is 2.40 bits per heavy atom. The third-order valence-electron chi connectivity index (χ3n) is 3.01. The molecule has 1 aromatic heterocycles. The van der Waals surface area contributed by atoms with Crippen molar-refractivity contribution < 1.29 is 15.0 Å². The molecule has 1 heterocycles. The molecule has 1 fully saturated rings. The molecule has 0 spiro atoms. The zero-order chi connectivity index (χ0) is 11.1. The minimum Gasteiger partial charge on any atom is -0.481 e. The van der Waals surface area contributed by atoms with Crippen molar-refractivity contribution in [1.29, 1.82) is 0 Å². The van der Waals surface area contributed by atoms with Gasteiger partial charge in [0.05, 0.1) is 11.6 Å². The van der Waals surface area contributed by atoms with Gasteiger partial charge in [-0.05, 0) is 25.8 Å². The van der Waals surface area contributed by atoms with Crippen LogP contribution in [-0.2, 0) is 16.9 Å². The molecule has 1 aliphatic carbocycles. The molecule has 0 aliphatic heterocycles. The van der Waals surface area contributed by atoms with E-state index in [-0.39, 0.29) is 12.8 Å². The summed E-state index contributed by atoms with van der Waals surface area (Å²) in [5.41, 5.74) is -0.266. The molecule has 1 aromatic rings. The molecular formula is C10H14N2O3. The van der Waals surface area contributed by atoms with E-state index in [2.05, 4.69) is 5.10 Å². The quantitative estimate of drug-likeness (QED) is 0.765. The maximum absolute atomic E-state index is 10.7. The smallest absolute Gasteiger partial charge is 0.306 e. The molecule has 0 bridgehead atoms. The second-order valence-electron chi connectivity index (χ2n) is 4.01. The third kappa shape index (κ3) is 1.52. The van der Waals surface area contributed by atoms with Crippen LogP contribution in [0.3, 0.4) is 0 Å². The van der Waals surface area contributed by atoms with E-state index in [1.807, 2.05) is 6.92 Å². The Labute approximate surface area is 87.3 Å². The highest BCUT2D eigenvalue weighted by atomic mass is 16.4. The Kier molecular flexibility index (Phi) is 2.26. The molecule has 1 saturated carbocycles. The zero-order valence-electron chi connectivity index (χ0n) is 8.55. The minimum atomic E-state index is -0.991. The fraction of sp³-hybridized carbons (Fsp3) is 0.600. The van der Waals surface area contributed by atoms with Crippen LogP contribution in [0.2, 0.25) is 0 Å². The number of aromatic nitrogens is 2. The van der Waals surface area contributed by atoms with Crippen molar-refractivity contribution in [2.24, 2.45) is 5.92 Å². The zero-order valence-corrected chi connectivity index (χ0v) is 8.55. The summed E-state index contributed by atoms with van der Waals surface area (Å²) in [6.45, 7) is 2.62. The molecule has 1 aliphatic rings. The monoisotopic (exact) mass is 210 g/mol. The molecule has 0 aromatic carbocycles. The molecule has 82 valence electrons. The van der Waals surface area contributed by atoms with Crippen LogP contribution >= 0.6 is 0 Å². The predicted molar refractivity (Wildman–Crippen MR) is 52.2 cm³/mol. The lowest BCUT2D eigenvalue weighted by atomic mass is 9.69. The number of carboxylic acid groups (broad SMARTS) is 1. The number of aliphatic hydroxyl groups is 1. The minimum absolute atomic E-state index is 0.286. The van der Waals surface area contributed by atoms with Gasteiger partial charge in [-0.2, -0.15) is 5.10 Å². The SMILES string of the molecule is CCn1nccc1C1(O)CC(C(=O)O)C1. The van der Waals surface area contributed by atoms with E-state index in [0.29, 0.717) is 6.54 Å². The van der Waals surface area contributed by atoms with Gasteiger partial charge in [-0.25, -0.2) is 0 Å². The van der Waals surface area contributed by atoms with Crippen LogP contribution in [0.4, 0.5) is 0 Å². The van der Waals surface area contributed by atoms with E-state index in [9.17, 15) is 9.90 Å². The van der Waals surface area contributed by atoms with Gasteiger partial charge in [-0.15, -0.1) is 0 Å². The summed E-state index contributed by atoms with van der Waals surface area (Å²) >= 11 is 0. The van der Waals surface area contributed by atoms with Gasteiger partial charge in [0.2, 0.25) is 0 Å². The van der Waals surface area contributed by atoms with Crippen LogP contribution in [0, 0.1) is 5.92 Å². The van der Waals surface area contributed by atoms with Crippen molar-refractivity contribution in [3.63, 3.8) is 0 Å². The molecular weight excluding hydrogens is 196 g/mol. The van der Waals surface area contributed by atoms with Crippen molar-refractivity contribution in [1.82, 2.24) is 9.78 Å². The average molecular weight is 210 g/mol. The van der Waals surface area contributed by atoms with E-state index in [0.717, 1.165) is 5.69 Å². The van der Waals surface area contributed by atoms with Crippen LogP contribution in [-0.4, -0.2) is 26.0 Å². The standard InChI is InChI=1S/C10H14N2O3/c1-2-12-8(3-4-11-12)10(15)5-7(6-10)9(13)14/h3-4,7,15H,2,5-6H2,1H3,(H,13,14). The van der Waals surface area contributed by atoms with Gasteiger partial charge < -0.3 is 10.2 Å². The first-order chi connectivity index (χ1) is 7.07. The van der Waals surface area contributed by atoms with Crippen LogP contribution < -0.4 is 0 Å². The van der Waals surface area contributed by atoms with E-state index in [1.165, 1.54) is 0 Å². The number of carbonyl (C=O) groups is 1. The summed E-state index contributed by atoms with van der Waals surface area (Å²) in [5.74, 6) is -1.25. The van der Waals surface area contributed by atoms with Crippen molar-refractivity contribution >= 4 is 5.97 Å². The number of hydrogen-bond acceptors (Lipinski definition) is 3. The van der Waals surface area contributed by atoms with E-state index >= 15 is 0 Å². The van der Waals surface area contributed by atoms with Gasteiger partial charge in [0, 0.05) is 12.7 Å². The van der Waals surface area contributed by atoms with Gasteiger partial charge in [0.25, 0.3) is 0 Å². The number of aryl methyl sites for hydroxylation is 1. The molecule has 2 N–H and O–H groups in total. The first kappa shape index (κ1) is 10.2. The van der Waals surface area contributed by atoms with Crippen LogP contribution in [0.1, 0.15) is 25.5 Å². The predicted octanol–water partition coefficient (Wildman–Crippen LogP) is 0.585. The molecule has 0 radical (unpaired) electrons. The number of carboxylic acids is 1. The van der Waals surface area contributed by atoms with Crippen LogP contribution in [0.15, 0.2) is 12.3 Å². The highest BCUT2D eigenvalue weighted by Gasteiger charge is 2.49. The van der Waals surface area contributed by atoms with E-state index in [1.54, 1.807) is 16.9 Å².